The highest BCUT2D eigenvalue weighted by Crippen LogP contribution is 2.30. The number of para-hydroxylation sites is 1. The summed E-state index contributed by atoms with van der Waals surface area (Å²) in [5.74, 6) is -1.45. The van der Waals surface area contributed by atoms with Crippen LogP contribution in [0, 0.1) is 5.82 Å². The van der Waals surface area contributed by atoms with Crippen LogP contribution in [0.2, 0.25) is 0 Å². The van der Waals surface area contributed by atoms with Gasteiger partial charge in [0.1, 0.15) is 10.8 Å². The lowest BCUT2D eigenvalue weighted by molar-refractivity contribution is -0.305. The standard InChI is InChI=1S/C18H14FNO2S/c19-14-5-3-4-12(11-14)10-13(8-9-17(21)22)18-20-15-6-1-2-7-16(15)23-18/h1-7,10-11H,8-9H2,(H,21,22)/p-1/b13-10+. The minimum absolute atomic E-state index is 0.100. The van der Waals surface area contributed by atoms with E-state index in [4.69, 9.17) is 0 Å². The average Bonchev–Trinajstić information content (AvgIpc) is 2.95. The number of hydrogen-bond acceptors (Lipinski definition) is 4. The first-order valence-corrected chi connectivity index (χ1v) is 7.95. The summed E-state index contributed by atoms with van der Waals surface area (Å²) in [6.07, 6.45) is 1.97. The molecule has 0 fully saturated rings. The third kappa shape index (κ3) is 3.81. The van der Waals surface area contributed by atoms with Gasteiger partial charge < -0.3 is 9.90 Å². The maximum absolute atomic E-state index is 13.4. The van der Waals surface area contributed by atoms with Crippen molar-refractivity contribution in [3.63, 3.8) is 0 Å². The first-order chi connectivity index (χ1) is 11.1. The van der Waals surface area contributed by atoms with E-state index >= 15 is 0 Å². The molecule has 3 nitrogen and oxygen atoms in total. The number of aromatic nitrogens is 1. The zero-order chi connectivity index (χ0) is 16.2. The Kier molecular flexibility index (Phi) is 4.48. The third-order valence-corrected chi connectivity index (χ3v) is 4.47. The van der Waals surface area contributed by atoms with Gasteiger partial charge in [0.25, 0.3) is 0 Å². The highest BCUT2D eigenvalue weighted by Gasteiger charge is 2.09. The van der Waals surface area contributed by atoms with Crippen LogP contribution >= 0.6 is 11.3 Å². The van der Waals surface area contributed by atoms with Gasteiger partial charge in [-0.15, -0.1) is 11.3 Å². The van der Waals surface area contributed by atoms with Crippen LogP contribution in [0.1, 0.15) is 23.4 Å². The summed E-state index contributed by atoms with van der Waals surface area (Å²) in [5, 5.41) is 11.5. The molecule has 0 N–H and O–H groups in total. The molecule has 0 unspecified atom stereocenters. The molecule has 0 bridgehead atoms. The Morgan fingerprint density at radius 1 is 1.17 bits per heavy atom. The average molecular weight is 326 g/mol. The molecule has 0 saturated heterocycles. The van der Waals surface area contributed by atoms with Crippen molar-refractivity contribution in [2.75, 3.05) is 0 Å². The zero-order valence-corrected chi connectivity index (χ0v) is 13.0. The number of halogens is 1. The van der Waals surface area contributed by atoms with Crippen LogP contribution in [0.25, 0.3) is 21.9 Å². The number of allylic oxidation sites excluding steroid dienone is 1. The molecule has 0 radical (unpaired) electrons. The van der Waals surface area contributed by atoms with Crippen LogP contribution < -0.4 is 5.11 Å². The monoisotopic (exact) mass is 326 g/mol. The normalized spacial score (nSPS) is 11.8. The maximum Gasteiger partial charge on any atom is 0.123 e. The van der Waals surface area contributed by atoms with E-state index < -0.39 is 5.97 Å². The fourth-order valence-electron chi connectivity index (χ4n) is 2.28. The molecular weight excluding hydrogens is 313 g/mol. The third-order valence-electron chi connectivity index (χ3n) is 3.36. The second-order valence-electron chi connectivity index (χ2n) is 5.08. The van der Waals surface area contributed by atoms with Gasteiger partial charge in [0.05, 0.1) is 10.2 Å². The summed E-state index contributed by atoms with van der Waals surface area (Å²) in [6.45, 7) is 0. The van der Waals surface area contributed by atoms with Crippen molar-refractivity contribution < 1.29 is 14.3 Å². The smallest absolute Gasteiger partial charge is 0.123 e. The lowest BCUT2D eigenvalue weighted by Crippen LogP contribution is -2.21. The molecule has 0 amide bonds. The van der Waals surface area contributed by atoms with Crippen LogP contribution in [-0.2, 0) is 4.79 Å². The van der Waals surface area contributed by atoms with Crippen LogP contribution in [-0.4, -0.2) is 11.0 Å². The summed E-state index contributed by atoms with van der Waals surface area (Å²) < 4.78 is 14.4. The molecule has 0 aliphatic carbocycles. The summed E-state index contributed by atoms with van der Waals surface area (Å²) in [4.78, 5) is 15.4. The van der Waals surface area contributed by atoms with Gasteiger partial charge in [-0.2, -0.15) is 0 Å². The number of rotatable bonds is 5. The molecule has 0 aliphatic rings. The van der Waals surface area contributed by atoms with Crippen molar-refractivity contribution in [3.8, 4) is 0 Å². The van der Waals surface area contributed by atoms with E-state index in [0.29, 0.717) is 12.0 Å². The molecule has 116 valence electrons. The Morgan fingerprint density at radius 2 is 2.00 bits per heavy atom. The Morgan fingerprint density at radius 3 is 2.74 bits per heavy atom. The van der Waals surface area contributed by atoms with Crippen molar-refractivity contribution in [2.45, 2.75) is 12.8 Å². The minimum atomic E-state index is -1.11. The van der Waals surface area contributed by atoms with Gasteiger partial charge in [0.15, 0.2) is 0 Å². The highest BCUT2D eigenvalue weighted by atomic mass is 32.1. The van der Waals surface area contributed by atoms with Gasteiger partial charge >= 0.3 is 0 Å². The van der Waals surface area contributed by atoms with Crippen LogP contribution in [0.15, 0.2) is 48.5 Å². The molecular formula is C18H13FNO2S-. The van der Waals surface area contributed by atoms with Crippen LogP contribution in [0.4, 0.5) is 4.39 Å². The highest BCUT2D eigenvalue weighted by molar-refractivity contribution is 7.19. The van der Waals surface area contributed by atoms with Gasteiger partial charge in [-0.25, -0.2) is 9.37 Å². The van der Waals surface area contributed by atoms with Crippen LogP contribution in [0.5, 0.6) is 0 Å². The van der Waals surface area contributed by atoms with Crippen LogP contribution in [0.3, 0.4) is 0 Å². The predicted molar refractivity (Wildman–Crippen MR) is 88.1 cm³/mol. The lowest BCUT2D eigenvalue weighted by atomic mass is 10.1. The summed E-state index contributed by atoms with van der Waals surface area (Å²) in [5.41, 5.74) is 2.31. The van der Waals surface area contributed by atoms with E-state index in [1.54, 1.807) is 18.2 Å². The number of hydrogen-bond donors (Lipinski definition) is 0. The molecule has 0 saturated carbocycles. The number of carboxylic acids is 1. The van der Waals surface area contributed by atoms with Gasteiger partial charge in [-0.3, -0.25) is 0 Å². The second-order valence-corrected chi connectivity index (χ2v) is 6.11. The van der Waals surface area contributed by atoms with Crippen molar-refractivity contribution in [2.24, 2.45) is 0 Å². The molecule has 3 aromatic rings. The molecule has 2 aromatic carbocycles. The van der Waals surface area contributed by atoms with Gasteiger partial charge in [0.2, 0.25) is 0 Å². The first-order valence-electron chi connectivity index (χ1n) is 7.14. The van der Waals surface area contributed by atoms with E-state index in [9.17, 15) is 14.3 Å². The van der Waals surface area contributed by atoms with E-state index in [-0.39, 0.29) is 12.2 Å². The number of carbonyl (C=O) groups excluding carboxylic acids is 1. The fourth-order valence-corrected chi connectivity index (χ4v) is 3.29. The lowest BCUT2D eigenvalue weighted by Gasteiger charge is -2.06. The number of aliphatic carboxylic acids is 1. The molecule has 1 aromatic heterocycles. The summed E-state index contributed by atoms with van der Waals surface area (Å²) >= 11 is 1.49. The molecule has 0 atom stereocenters. The molecule has 23 heavy (non-hydrogen) atoms. The van der Waals surface area contributed by atoms with E-state index in [2.05, 4.69) is 4.98 Å². The quantitative estimate of drug-likeness (QED) is 0.721. The van der Waals surface area contributed by atoms with Crippen molar-refractivity contribution in [3.05, 3.63) is 64.9 Å². The molecule has 1 heterocycles. The fraction of sp³-hybridized carbons (Fsp3) is 0.111. The number of carboxylic acid groups (broad SMARTS) is 1. The number of thiazole rings is 1. The Bertz CT molecular complexity index is 852. The van der Waals surface area contributed by atoms with Crippen molar-refractivity contribution in [1.29, 1.82) is 0 Å². The van der Waals surface area contributed by atoms with Crippen molar-refractivity contribution in [1.82, 2.24) is 4.98 Å². The summed E-state index contributed by atoms with van der Waals surface area (Å²) in [6, 6.07) is 13.9. The summed E-state index contributed by atoms with van der Waals surface area (Å²) in [7, 11) is 0. The molecule has 0 spiro atoms. The zero-order valence-electron chi connectivity index (χ0n) is 12.2. The topological polar surface area (TPSA) is 53.0 Å². The first kappa shape index (κ1) is 15.4. The number of fused-ring (bicyclic) bond motifs is 1. The molecule has 0 aliphatic heterocycles. The number of nitrogens with zero attached hydrogens (tertiary/aromatic N) is 1. The van der Waals surface area contributed by atoms with Gasteiger partial charge in [0, 0.05) is 5.97 Å². The molecule has 3 rings (SSSR count). The number of benzene rings is 2. The number of carbonyl (C=O) groups is 1. The largest absolute Gasteiger partial charge is 0.550 e. The molecule has 5 heteroatoms. The van der Waals surface area contributed by atoms with Crippen molar-refractivity contribution >= 4 is 39.2 Å². The predicted octanol–water partition coefficient (Wildman–Crippen LogP) is 3.51. The Balaban J connectivity index is 2.02. The van der Waals surface area contributed by atoms with E-state index in [1.807, 2.05) is 24.3 Å². The minimum Gasteiger partial charge on any atom is -0.550 e. The Hall–Kier alpha value is -2.53. The van der Waals surface area contributed by atoms with E-state index in [0.717, 1.165) is 20.8 Å². The van der Waals surface area contributed by atoms with E-state index in [1.165, 1.54) is 23.5 Å². The maximum atomic E-state index is 13.4. The SMILES string of the molecule is O=C([O-])CC/C(=C\c1cccc(F)c1)c1nc2ccccc2s1. The Labute approximate surface area is 136 Å². The van der Waals surface area contributed by atoms with Gasteiger partial charge in [-0.1, -0.05) is 24.3 Å². The van der Waals surface area contributed by atoms with Gasteiger partial charge in [-0.05, 0) is 54.3 Å². The second kappa shape index (κ2) is 6.71.